The van der Waals surface area contributed by atoms with E-state index in [1.54, 1.807) is 41.1 Å². The minimum atomic E-state index is -0.0219. The van der Waals surface area contributed by atoms with Crippen molar-refractivity contribution in [3.05, 3.63) is 100 Å². The molecule has 0 aliphatic carbocycles. The van der Waals surface area contributed by atoms with E-state index in [0.717, 1.165) is 10.2 Å². The van der Waals surface area contributed by atoms with Crippen molar-refractivity contribution < 1.29 is 9.53 Å². The highest BCUT2D eigenvalue weighted by molar-refractivity contribution is 9.10. The fourth-order valence-corrected chi connectivity index (χ4v) is 2.95. The van der Waals surface area contributed by atoms with Crippen molar-refractivity contribution in [2.45, 2.75) is 6.61 Å². The third kappa shape index (κ3) is 3.99. The van der Waals surface area contributed by atoms with Crippen molar-refractivity contribution >= 4 is 21.7 Å². The van der Waals surface area contributed by atoms with Gasteiger partial charge in [0.25, 0.3) is 0 Å². The molecule has 7 heteroatoms. The molecule has 0 unspecified atom stereocenters. The Kier molecular flexibility index (Phi) is 5.25. The first kappa shape index (κ1) is 18.1. The number of ether oxygens (including phenoxy) is 1. The maximum atomic E-state index is 12.5. The summed E-state index contributed by atoms with van der Waals surface area (Å²) in [6, 6.07) is 23.9. The van der Waals surface area contributed by atoms with Crippen molar-refractivity contribution in [3.8, 4) is 11.4 Å². The Morgan fingerprint density at radius 3 is 2.29 bits per heavy atom. The number of nitrogens with zero attached hydrogens (tertiary/aromatic N) is 4. The van der Waals surface area contributed by atoms with E-state index in [2.05, 4.69) is 31.5 Å². The van der Waals surface area contributed by atoms with Gasteiger partial charge in [0.1, 0.15) is 12.4 Å². The van der Waals surface area contributed by atoms with Crippen LogP contribution in [-0.2, 0) is 6.61 Å². The summed E-state index contributed by atoms with van der Waals surface area (Å²) in [6.45, 7) is 0.203. The Labute approximate surface area is 169 Å². The summed E-state index contributed by atoms with van der Waals surface area (Å²) < 4.78 is 8.40. The van der Waals surface area contributed by atoms with Gasteiger partial charge in [-0.25, -0.2) is 0 Å². The highest BCUT2D eigenvalue weighted by atomic mass is 79.9. The standard InChI is InChI=1S/C21H15BrN4O2/c22-17-8-10-18(11-9-17)26-20(23-24-25-26)14-28-19-12-6-16(7-13-19)21(27)15-4-2-1-3-5-15/h1-13H,14H2. The molecule has 6 nitrogen and oxygen atoms in total. The molecule has 28 heavy (non-hydrogen) atoms. The highest BCUT2D eigenvalue weighted by Crippen LogP contribution is 2.18. The summed E-state index contributed by atoms with van der Waals surface area (Å²) in [5.74, 6) is 1.19. The molecule has 1 aromatic heterocycles. The molecule has 0 amide bonds. The SMILES string of the molecule is O=C(c1ccccc1)c1ccc(OCc2nnnn2-c2ccc(Br)cc2)cc1. The number of halogens is 1. The van der Waals surface area contributed by atoms with Gasteiger partial charge in [-0.1, -0.05) is 46.3 Å². The van der Waals surface area contributed by atoms with E-state index in [1.165, 1.54) is 0 Å². The quantitative estimate of drug-likeness (QED) is 0.424. The molecule has 0 spiro atoms. The van der Waals surface area contributed by atoms with Crippen LogP contribution < -0.4 is 4.74 Å². The van der Waals surface area contributed by atoms with Gasteiger partial charge in [0.2, 0.25) is 0 Å². The molecular formula is C21H15BrN4O2. The van der Waals surface area contributed by atoms with Crippen molar-refractivity contribution in [2.24, 2.45) is 0 Å². The Morgan fingerprint density at radius 2 is 1.57 bits per heavy atom. The Hall–Kier alpha value is -3.32. The summed E-state index contributed by atoms with van der Waals surface area (Å²) in [5.41, 5.74) is 2.11. The lowest BCUT2D eigenvalue weighted by Gasteiger charge is -2.08. The Balaban J connectivity index is 1.44. The van der Waals surface area contributed by atoms with Crippen LogP contribution in [0.2, 0.25) is 0 Å². The number of aromatic nitrogens is 4. The van der Waals surface area contributed by atoms with Gasteiger partial charge in [-0.3, -0.25) is 4.79 Å². The average Bonchev–Trinajstić information content (AvgIpc) is 3.22. The van der Waals surface area contributed by atoms with Gasteiger partial charge in [0.05, 0.1) is 5.69 Å². The second-order valence-corrected chi connectivity index (χ2v) is 6.91. The largest absolute Gasteiger partial charge is 0.486 e. The number of carbonyl (C=O) groups excluding carboxylic acids is 1. The minimum Gasteiger partial charge on any atom is -0.486 e. The van der Waals surface area contributed by atoms with Gasteiger partial charge in [0, 0.05) is 15.6 Å². The van der Waals surface area contributed by atoms with Gasteiger partial charge >= 0.3 is 0 Å². The van der Waals surface area contributed by atoms with E-state index in [9.17, 15) is 4.79 Å². The molecule has 0 N–H and O–H groups in total. The predicted molar refractivity (Wildman–Crippen MR) is 108 cm³/mol. The van der Waals surface area contributed by atoms with Crippen LogP contribution in [0.5, 0.6) is 5.75 Å². The second-order valence-electron chi connectivity index (χ2n) is 5.99. The van der Waals surface area contributed by atoms with Crippen LogP contribution in [0.1, 0.15) is 21.7 Å². The lowest BCUT2D eigenvalue weighted by molar-refractivity contribution is 0.103. The lowest BCUT2D eigenvalue weighted by Crippen LogP contribution is -2.07. The summed E-state index contributed by atoms with van der Waals surface area (Å²) >= 11 is 3.41. The third-order valence-electron chi connectivity index (χ3n) is 4.13. The monoisotopic (exact) mass is 434 g/mol. The smallest absolute Gasteiger partial charge is 0.194 e. The molecule has 4 rings (SSSR count). The van der Waals surface area contributed by atoms with Crippen molar-refractivity contribution in [1.82, 2.24) is 20.2 Å². The van der Waals surface area contributed by atoms with E-state index >= 15 is 0 Å². The molecule has 1 heterocycles. The molecule has 0 aliphatic rings. The first-order valence-electron chi connectivity index (χ1n) is 8.56. The molecule has 0 fully saturated rings. The van der Waals surface area contributed by atoms with E-state index in [4.69, 9.17) is 4.74 Å². The number of tetrazole rings is 1. The van der Waals surface area contributed by atoms with E-state index < -0.39 is 0 Å². The van der Waals surface area contributed by atoms with Crippen LogP contribution in [0.25, 0.3) is 5.69 Å². The predicted octanol–water partition coefficient (Wildman–Crippen LogP) is 4.23. The van der Waals surface area contributed by atoms with E-state index in [1.807, 2.05) is 42.5 Å². The first-order valence-corrected chi connectivity index (χ1v) is 9.36. The summed E-state index contributed by atoms with van der Waals surface area (Å²) in [7, 11) is 0. The molecule has 0 saturated heterocycles. The number of hydrogen-bond acceptors (Lipinski definition) is 5. The summed E-state index contributed by atoms with van der Waals surface area (Å²) in [5, 5.41) is 11.8. The normalized spacial score (nSPS) is 10.6. The van der Waals surface area contributed by atoms with Crippen molar-refractivity contribution in [2.75, 3.05) is 0 Å². The van der Waals surface area contributed by atoms with Gasteiger partial charge in [-0.05, 0) is 59.0 Å². The van der Waals surface area contributed by atoms with Crippen LogP contribution in [-0.4, -0.2) is 26.0 Å². The molecule has 0 saturated carbocycles. The first-order chi connectivity index (χ1) is 13.7. The zero-order chi connectivity index (χ0) is 19.3. The van der Waals surface area contributed by atoms with E-state index in [0.29, 0.717) is 22.7 Å². The number of carbonyl (C=O) groups is 1. The third-order valence-corrected chi connectivity index (χ3v) is 4.65. The Bertz CT molecular complexity index is 1080. The van der Waals surface area contributed by atoms with Crippen LogP contribution in [0.4, 0.5) is 0 Å². The topological polar surface area (TPSA) is 69.9 Å². The fourth-order valence-electron chi connectivity index (χ4n) is 2.69. The van der Waals surface area contributed by atoms with Gasteiger partial charge in [-0.2, -0.15) is 4.68 Å². The second kappa shape index (κ2) is 8.14. The van der Waals surface area contributed by atoms with Crippen molar-refractivity contribution in [1.29, 1.82) is 0 Å². The lowest BCUT2D eigenvalue weighted by atomic mass is 10.0. The van der Waals surface area contributed by atoms with Crippen molar-refractivity contribution in [3.63, 3.8) is 0 Å². The molecule has 0 bridgehead atoms. The summed E-state index contributed by atoms with van der Waals surface area (Å²) in [4.78, 5) is 12.5. The molecule has 4 aromatic rings. The van der Waals surface area contributed by atoms with Crippen LogP contribution in [0, 0.1) is 0 Å². The van der Waals surface area contributed by atoms with Gasteiger partial charge in [-0.15, -0.1) is 5.10 Å². The van der Waals surface area contributed by atoms with Gasteiger partial charge < -0.3 is 4.74 Å². The highest BCUT2D eigenvalue weighted by Gasteiger charge is 2.11. The summed E-state index contributed by atoms with van der Waals surface area (Å²) in [6.07, 6.45) is 0. The van der Waals surface area contributed by atoms with E-state index in [-0.39, 0.29) is 12.4 Å². The van der Waals surface area contributed by atoms with Crippen LogP contribution in [0.15, 0.2) is 83.3 Å². The molecule has 0 atom stereocenters. The number of benzene rings is 3. The number of hydrogen-bond donors (Lipinski definition) is 0. The average molecular weight is 435 g/mol. The van der Waals surface area contributed by atoms with Crippen LogP contribution >= 0.6 is 15.9 Å². The molecular weight excluding hydrogens is 420 g/mol. The molecule has 0 aliphatic heterocycles. The fraction of sp³-hybridized carbons (Fsp3) is 0.0476. The molecule has 138 valence electrons. The van der Waals surface area contributed by atoms with Gasteiger partial charge in [0.15, 0.2) is 11.6 Å². The minimum absolute atomic E-state index is 0.0219. The molecule has 0 radical (unpaired) electrons. The maximum absolute atomic E-state index is 12.5. The maximum Gasteiger partial charge on any atom is 0.194 e. The van der Waals surface area contributed by atoms with Crippen LogP contribution in [0.3, 0.4) is 0 Å². The number of ketones is 1. The Morgan fingerprint density at radius 1 is 0.893 bits per heavy atom. The number of rotatable bonds is 6. The zero-order valence-electron chi connectivity index (χ0n) is 14.7. The zero-order valence-corrected chi connectivity index (χ0v) is 16.3. The molecule has 3 aromatic carbocycles.